The second-order valence-corrected chi connectivity index (χ2v) is 5.43. The van der Waals surface area contributed by atoms with Gasteiger partial charge >= 0.3 is 0 Å². The summed E-state index contributed by atoms with van der Waals surface area (Å²) in [5, 5.41) is 7.42. The molecule has 2 atom stereocenters. The number of nitrogens with one attached hydrogen (secondary N) is 1. The molecule has 1 saturated carbocycles. The van der Waals surface area contributed by atoms with Crippen LogP contribution in [-0.2, 0) is 0 Å². The van der Waals surface area contributed by atoms with Crippen molar-refractivity contribution in [1.82, 2.24) is 15.5 Å². The molecule has 2 aliphatic rings. The van der Waals surface area contributed by atoms with Gasteiger partial charge in [0.1, 0.15) is 0 Å². The molecule has 1 aromatic rings. The first kappa shape index (κ1) is 9.33. The Bertz CT molecular complexity index is 346. The topological polar surface area (TPSA) is 51.0 Å². The molecule has 4 nitrogen and oxygen atoms in total. The van der Waals surface area contributed by atoms with E-state index in [0.717, 1.165) is 31.2 Å². The third-order valence-corrected chi connectivity index (χ3v) is 3.69. The van der Waals surface area contributed by atoms with E-state index in [1.165, 1.54) is 6.42 Å². The van der Waals surface area contributed by atoms with Crippen molar-refractivity contribution in [3.05, 3.63) is 11.7 Å². The lowest BCUT2D eigenvalue weighted by Gasteiger charge is -1.99. The SMILES string of the molecule is CC1(C)CC1c1noc(C2CCNC2)n1. The Labute approximate surface area is 89.4 Å². The fourth-order valence-electron chi connectivity index (χ4n) is 2.33. The van der Waals surface area contributed by atoms with Crippen molar-refractivity contribution in [3.63, 3.8) is 0 Å². The summed E-state index contributed by atoms with van der Waals surface area (Å²) in [5.41, 5.74) is 0.384. The molecule has 82 valence electrons. The van der Waals surface area contributed by atoms with E-state index in [1.54, 1.807) is 0 Å². The van der Waals surface area contributed by atoms with Crippen molar-refractivity contribution in [2.24, 2.45) is 5.41 Å². The minimum atomic E-state index is 0.384. The molecule has 0 bridgehead atoms. The molecule has 4 heteroatoms. The normalized spacial score (nSPS) is 33.2. The van der Waals surface area contributed by atoms with Gasteiger partial charge in [-0.3, -0.25) is 0 Å². The van der Waals surface area contributed by atoms with Crippen molar-refractivity contribution in [3.8, 4) is 0 Å². The highest BCUT2D eigenvalue weighted by atomic mass is 16.5. The Morgan fingerprint density at radius 2 is 2.27 bits per heavy atom. The Morgan fingerprint density at radius 1 is 1.47 bits per heavy atom. The second-order valence-electron chi connectivity index (χ2n) is 5.43. The number of aromatic nitrogens is 2. The predicted molar refractivity (Wildman–Crippen MR) is 55.7 cm³/mol. The highest BCUT2D eigenvalue weighted by Gasteiger charge is 2.49. The number of nitrogens with zero attached hydrogens (tertiary/aromatic N) is 2. The van der Waals surface area contributed by atoms with E-state index in [1.807, 2.05) is 0 Å². The van der Waals surface area contributed by atoms with Crippen molar-refractivity contribution >= 4 is 0 Å². The summed E-state index contributed by atoms with van der Waals surface area (Å²) < 4.78 is 5.34. The van der Waals surface area contributed by atoms with Crippen LogP contribution in [0.4, 0.5) is 0 Å². The van der Waals surface area contributed by atoms with Crippen molar-refractivity contribution in [2.45, 2.75) is 38.5 Å². The summed E-state index contributed by atoms with van der Waals surface area (Å²) >= 11 is 0. The van der Waals surface area contributed by atoms with E-state index in [2.05, 4.69) is 29.3 Å². The summed E-state index contributed by atoms with van der Waals surface area (Å²) in [4.78, 5) is 4.53. The van der Waals surface area contributed by atoms with Crippen LogP contribution in [0, 0.1) is 5.41 Å². The van der Waals surface area contributed by atoms with Crippen LogP contribution >= 0.6 is 0 Å². The molecule has 2 heterocycles. The molecule has 0 radical (unpaired) electrons. The molecule has 1 N–H and O–H groups in total. The zero-order valence-corrected chi connectivity index (χ0v) is 9.29. The highest BCUT2D eigenvalue weighted by molar-refractivity contribution is 5.15. The first-order valence-electron chi connectivity index (χ1n) is 5.71. The maximum atomic E-state index is 5.34. The van der Waals surface area contributed by atoms with Gasteiger partial charge in [0.05, 0.1) is 5.92 Å². The van der Waals surface area contributed by atoms with Crippen molar-refractivity contribution in [1.29, 1.82) is 0 Å². The molecule has 3 rings (SSSR count). The largest absolute Gasteiger partial charge is 0.339 e. The molecule has 2 fully saturated rings. The van der Waals surface area contributed by atoms with Gasteiger partial charge in [0.25, 0.3) is 0 Å². The molecule has 15 heavy (non-hydrogen) atoms. The van der Waals surface area contributed by atoms with Crippen LogP contribution in [0.15, 0.2) is 4.52 Å². The highest BCUT2D eigenvalue weighted by Crippen LogP contribution is 2.57. The zero-order chi connectivity index (χ0) is 10.5. The summed E-state index contributed by atoms with van der Waals surface area (Å²) in [6.07, 6.45) is 2.31. The maximum absolute atomic E-state index is 5.34. The van der Waals surface area contributed by atoms with Crippen molar-refractivity contribution in [2.75, 3.05) is 13.1 Å². The lowest BCUT2D eigenvalue weighted by Crippen LogP contribution is -2.08. The number of rotatable bonds is 2. The summed E-state index contributed by atoms with van der Waals surface area (Å²) in [7, 11) is 0. The van der Waals surface area contributed by atoms with E-state index in [-0.39, 0.29) is 0 Å². The van der Waals surface area contributed by atoms with Gasteiger partial charge in [-0.1, -0.05) is 19.0 Å². The van der Waals surface area contributed by atoms with Gasteiger partial charge in [0.2, 0.25) is 5.89 Å². The lowest BCUT2D eigenvalue weighted by atomic mass is 10.1. The van der Waals surface area contributed by atoms with Crippen LogP contribution in [0.2, 0.25) is 0 Å². The fraction of sp³-hybridized carbons (Fsp3) is 0.818. The van der Waals surface area contributed by atoms with E-state index in [4.69, 9.17) is 4.52 Å². The Kier molecular flexibility index (Phi) is 1.89. The summed E-state index contributed by atoms with van der Waals surface area (Å²) in [5.74, 6) is 2.71. The molecule has 0 aromatic carbocycles. The van der Waals surface area contributed by atoms with Crippen LogP contribution in [0.3, 0.4) is 0 Å². The first-order chi connectivity index (χ1) is 7.17. The molecular formula is C11H17N3O. The third-order valence-electron chi connectivity index (χ3n) is 3.69. The fourth-order valence-corrected chi connectivity index (χ4v) is 2.33. The Hall–Kier alpha value is -0.900. The van der Waals surface area contributed by atoms with Gasteiger partial charge in [-0.15, -0.1) is 0 Å². The van der Waals surface area contributed by atoms with E-state index < -0.39 is 0 Å². The average molecular weight is 207 g/mol. The van der Waals surface area contributed by atoms with Gasteiger partial charge in [0.15, 0.2) is 5.82 Å². The van der Waals surface area contributed by atoms with E-state index in [0.29, 0.717) is 17.3 Å². The molecule has 1 saturated heterocycles. The Balaban J connectivity index is 1.76. The van der Waals surface area contributed by atoms with Gasteiger partial charge < -0.3 is 9.84 Å². The second kappa shape index (κ2) is 3.04. The summed E-state index contributed by atoms with van der Waals surface area (Å²) in [6, 6.07) is 0. The Morgan fingerprint density at radius 3 is 2.87 bits per heavy atom. The standard InChI is InChI=1S/C11H17N3O/c1-11(2)5-8(11)9-13-10(15-14-9)7-3-4-12-6-7/h7-8,12H,3-6H2,1-2H3. The monoisotopic (exact) mass is 207 g/mol. The van der Waals surface area contributed by atoms with Crippen LogP contribution in [0.1, 0.15) is 50.2 Å². The van der Waals surface area contributed by atoms with E-state index in [9.17, 15) is 0 Å². The van der Waals surface area contributed by atoms with Crippen LogP contribution in [-0.4, -0.2) is 23.2 Å². The summed E-state index contributed by atoms with van der Waals surface area (Å²) in [6.45, 7) is 6.56. The van der Waals surface area contributed by atoms with Gasteiger partial charge in [-0.25, -0.2) is 0 Å². The number of hydrogen-bond acceptors (Lipinski definition) is 4. The molecule has 2 unspecified atom stereocenters. The van der Waals surface area contributed by atoms with Gasteiger partial charge in [0, 0.05) is 12.5 Å². The lowest BCUT2D eigenvalue weighted by molar-refractivity contribution is 0.353. The van der Waals surface area contributed by atoms with E-state index >= 15 is 0 Å². The third kappa shape index (κ3) is 1.57. The first-order valence-corrected chi connectivity index (χ1v) is 5.71. The molecule has 0 amide bonds. The average Bonchev–Trinajstić information content (AvgIpc) is 2.73. The van der Waals surface area contributed by atoms with Crippen LogP contribution in [0.25, 0.3) is 0 Å². The molecule has 1 aliphatic carbocycles. The minimum Gasteiger partial charge on any atom is -0.339 e. The van der Waals surface area contributed by atoms with Gasteiger partial charge in [-0.05, 0) is 24.8 Å². The maximum Gasteiger partial charge on any atom is 0.231 e. The molecule has 0 spiro atoms. The number of hydrogen-bond donors (Lipinski definition) is 1. The minimum absolute atomic E-state index is 0.384. The van der Waals surface area contributed by atoms with Gasteiger partial charge in [-0.2, -0.15) is 4.98 Å². The molecule has 1 aliphatic heterocycles. The van der Waals surface area contributed by atoms with Crippen molar-refractivity contribution < 1.29 is 4.52 Å². The quantitative estimate of drug-likeness (QED) is 0.801. The molecular weight excluding hydrogens is 190 g/mol. The van der Waals surface area contributed by atoms with Crippen LogP contribution < -0.4 is 5.32 Å². The van der Waals surface area contributed by atoms with Crippen LogP contribution in [0.5, 0.6) is 0 Å². The predicted octanol–water partition coefficient (Wildman–Crippen LogP) is 1.66. The molecule has 1 aromatic heterocycles. The smallest absolute Gasteiger partial charge is 0.231 e. The zero-order valence-electron chi connectivity index (χ0n) is 9.29.